The van der Waals surface area contributed by atoms with Crippen LogP contribution in [-0.4, -0.2) is 17.2 Å². The minimum Gasteiger partial charge on any atom is -0.369 e. The van der Waals surface area contributed by atoms with E-state index in [1.807, 2.05) is 31.3 Å². The molecule has 0 saturated heterocycles. The second kappa shape index (κ2) is 5.95. The predicted octanol–water partition coefficient (Wildman–Crippen LogP) is 2.95. The van der Waals surface area contributed by atoms with Crippen molar-refractivity contribution in [2.45, 2.75) is 13.2 Å². The Bertz CT molecular complexity index is 489. The molecule has 0 radical (unpaired) electrons. The van der Waals surface area contributed by atoms with Crippen molar-refractivity contribution in [3.63, 3.8) is 0 Å². The number of ether oxygens (including phenoxy) is 1. The molecule has 0 amide bonds. The van der Waals surface area contributed by atoms with E-state index in [4.69, 9.17) is 16.3 Å². The fraction of sp³-hybridized carbons (Fsp3) is 0.273. The lowest BCUT2D eigenvalue weighted by atomic mass is 10.2. The number of hydrogen-bond acceptors (Lipinski definition) is 5. The van der Waals surface area contributed by atoms with Crippen molar-refractivity contribution in [1.29, 1.82) is 0 Å². The lowest BCUT2D eigenvalue weighted by molar-refractivity contribution is 0.106. The third kappa shape index (κ3) is 3.39. The zero-order valence-electron chi connectivity index (χ0n) is 9.31. The van der Waals surface area contributed by atoms with E-state index in [2.05, 4.69) is 15.5 Å². The van der Waals surface area contributed by atoms with Crippen molar-refractivity contribution in [3.8, 4) is 0 Å². The third-order valence-electron chi connectivity index (χ3n) is 2.12. The average Bonchev–Trinajstić information content (AvgIpc) is 2.80. The number of benzene rings is 1. The van der Waals surface area contributed by atoms with Crippen molar-refractivity contribution in [2.24, 2.45) is 0 Å². The molecule has 0 saturated carbocycles. The summed E-state index contributed by atoms with van der Waals surface area (Å²) in [5.74, 6) is 0. The maximum atomic E-state index is 6.02. The number of anilines is 1. The van der Waals surface area contributed by atoms with Crippen LogP contribution in [0.3, 0.4) is 0 Å². The summed E-state index contributed by atoms with van der Waals surface area (Å²) in [7, 11) is 1.81. The highest BCUT2D eigenvalue weighted by molar-refractivity contribution is 7.15. The first-order valence-electron chi connectivity index (χ1n) is 5.11. The smallest absolute Gasteiger partial charge is 0.205 e. The predicted molar refractivity (Wildman–Crippen MR) is 69.4 cm³/mol. The fourth-order valence-electron chi connectivity index (χ4n) is 1.28. The van der Waals surface area contributed by atoms with Crippen molar-refractivity contribution >= 4 is 28.1 Å². The van der Waals surface area contributed by atoms with Gasteiger partial charge in [-0.3, -0.25) is 0 Å². The Labute approximate surface area is 109 Å². The molecule has 0 aliphatic rings. The number of hydrogen-bond donors (Lipinski definition) is 1. The van der Waals surface area contributed by atoms with Gasteiger partial charge in [0.05, 0.1) is 6.61 Å². The van der Waals surface area contributed by atoms with E-state index >= 15 is 0 Å². The van der Waals surface area contributed by atoms with Crippen molar-refractivity contribution in [3.05, 3.63) is 39.9 Å². The van der Waals surface area contributed by atoms with E-state index in [0.29, 0.717) is 13.2 Å². The number of rotatable bonds is 5. The van der Waals surface area contributed by atoms with Gasteiger partial charge >= 0.3 is 0 Å². The van der Waals surface area contributed by atoms with Gasteiger partial charge in [0.1, 0.15) is 11.6 Å². The Morgan fingerprint density at radius 3 is 2.82 bits per heavy atom. The average molecular weight is 270 g/mol. The number of nitrogens with zero attached hydrogens (tertiary/aromatic N) is 2. The topological polar surface area (TPSA) is 47.0 Å². The summed E-state index contributed by atoms with van der Waals surface area (Å²) in [6.07, 6.45) is 0. The van der Waals surface area contributed by atoms with E-state index in [1.165, 1.54) is 11.3 Å². The first kappa shape index (κ1) is 12.3. The Hall–Kier alpha value is -1.17. The quantitative estimate of drug-likeness (QED) is 0.907. The summed E-state index contributed by atoms with van der Waals surface area (Å²) in [4.78, 5) is 0. The summed E-state index contributed by atoms with van der Waals surface area (Å²) in [5.41, 5.74) is 0.979. The molecule has 0 unspecified atom stereocenters. The van der Waals surface area contributed by atoms with Crippen LogP contribution < -0.4 is 5.32 Å². The van der Waals surface area contributed by atoms with Gasteiger partial charge in [0, 0.05) is 12.1 Å². The van der Waals surface area contributed by atoms with Gasteiger partial charge in [0.2, 0.25) is 5.13 Å². The summed E-state index contributed by atoms with van der Waals surface area (Å²) < 4.78 is 5.54. The Kier molecular flexibility index (Phi) is 4.30. The second-order valence-corrected chi connectivity index (χ2v) is 4.80. The summed E-state index contributed by atoms with van der Waals surface area (Å²) >= 11 is 7.50. The Balaban J connectivity index is 1.85. The Morgan fingerprint density at radius 2 is 2.12 bits per heavy atom. The molecule has 17 heavy (non-hydrogen) atoms. The highest BCUT2D eigenvalue weighted by Crippen LogP contribution is 2.18. The molecule has 0 fully saturated rings. The zero-order valence-corrected chi connectivity index (χ0v) is 10.9. The molecule has 1 aromatic heterocycles. The second-order valence-electron chi connectivity index (χ2n) is 3.34. The van der Waals surface area contributed by atoms with E-state index < -0.39 is 0 Å². The molecule has 6 heteroatoms. The fourth-order valence-corrected chi connectivity index (χ4v) is 2.10. The molecular formula is C11H12ClN3OS. The molecule has 1 aromatic carbocycles. The van der Waals surface area contributed by atoms with Gasteiger partial charge in [-0.15, -0.1) is 10.2 Å². The third-order valence-corrected chi connectivity index (χ3v) is 3.40. The highest BCUT2D eigenvalue weighted by atomic mass is 35.5. The largest absolute Gasteiger partial charge is 0.369 e. The van der Waals surface area contributed by atoms with Crippen LogP contribution in [0.1, 0.15) is 10.6 Å². The van der Waals surface area contributed by atoms with E-state index in [1.54, 1.807) is 0 Å². The first-order chi connectivity index (χ1) is 8.29. The zero-order chi connectivity index (χ0) is 12.1. The van der Waals surface area contributed by atoms with Crippen LogP contribution in [0.25, 0.3) is 0 Å². The molecule has 0 aliphatic heterocycles. The van der Waals surface area contributed by atoms with Crippen LogP contribution in [0, 0.1) is 0 Å². The van der Waals surface area contributed by atoms with Crippen molar-refractivity contribution in [2.75, 3.05) is 12.4 Å². The van der Waals surface area contributed by atoms with Gasteiger partial charge in [-0.2, -0.15) is 0 Å². The summed E-state index contributed by atoms with van der Waals surface area (Å²) in [6.45, 7) is 0.929. The van der Waals surface area contributed by atoms with Gasteiger partial charge in [-0.05, 0) is 11.6 Å². The number of aromatic nitrogens is 2. The van der Waals surface area contributed by atoms with Crippen molar-refractivity contribution < 1.29 is 4.74 Å². The standard InChI is InChI=1S/C11H12ClN3OS/c1-13-11-15-14-10(17-11)7-16-6-8-4-2-3-5-9(8)12/h2-5H,6-7H2,1H3,(H,13,15). The van der Waals surface area contributed by atoms with Crippen LogP contribution in [0.15, 0.2) is 24.3 Å². The van der Waals surface area contributed by atoms with Gasteiger partial charge in [0.25, 0.3) is 0 Å². The van der Waals surface area contributed by atoms with E-state index in [0.717, 1.165) is 20.7 Å². The summed E-state index contributed by atoms with van der Waals surface area (Å²) in [6, 6.07) is 7.64. The normalized spacial score (nSPS) is 10.5. The maximum absolute atomic E-state index is 6.02. The lowest BCUT2D eigenvalue weighted by Gasteiger charge is -2.03. The van der Waals surface area contributed by atoms with Gasteiger partial charge in [-0.1, -0.05) is 41.1 Å². The van der Waals surface area contributed by atoms with Crippen molar-refractivity contribution in [1.82, 2.24) is 10.2 Å². The molecule has 1 heterocycles. The van der Waals surface area contributed by atoms with E-state index in [-0.39, 0.29) is 0 Å². The molecular weight excluding hydrogens is 258 g/mol. The van der Waals surface area contributed by atoms with Crippen LogP contribution in [-0.2, 0) is 18.0 Å². The van der Waals surface area contributed by atoms with Gasteiger partial charge in [-0.25, -0.2) is 0 Å². The first-order valence-corrected chi connectivity index (χ1v) is 6.30. The molecule has 2 rings (SSSR count). The molecule has 2 aromatic rings. The molecule has 0 atom stereocenters. The monoisotopic (exact) mass is 269 g/mol. The molecule has 1 N–H and O–H groups in total. The van der Waals surface area contributed by atoms with Crippen LogP contribution in [0.5, 0.6) is 0 Å². The minimum absolute atomic E-state index is 0.449. The van der Waals surface area contributed by atoms with Crippen LogP contribution >= 0.6 is 22.9 Å². The lowest BCUT2D eigenvalue weighted by Crippen LogP contribution is -1.94. The SMILES string of the molecule is CNc1nnc(COCc2ccccc2Cl)s1. The number of halogens is 1. The molecule has 90 valence electrons. The minimum atomic E-state index is 0.449. The number of nitrogens with one attached hydrogen (secondary N) is 1. The van der Waals surface area contributed by atoms with Gasteiger partial charge < -0.3 is 10.1 Å². The Morgan fingerprint density at radius 1 is 1.29 bits per heavy atom. The van der Waals surface area contributed by atoms with Gasteiger partial charge in [0.15, 0.2) is 0 Å². The van der Waals surface area contributed by atoms with E-state index in [9.17, 15) is 0 Å². The molecule has 0 spiro atoms. The molecule has 4 nitrogen and oxygen atoms in total. The summed E-state index contributed by atoms with van der Waals surface area (Å²) in [5, 5.41) is 13.2. The molecule has 0 aliphatic carbocycles. The molecule has 0 bridgehead atoms. The highest BCUT2D eigenvalue weighted by Gasteiger charge is 2.03. The maximum Gasteiger partial charge on any atom is 0.205 e. The van der Waals surface area contributed by atoms with Crippen LogP contribution in [0.4, 0.5) is 5.13 Å². The van der Waals surface area contributed by atoms with Crippen LogP contribution in [0.2, 0.25) is 5.02 Å².